The van der Waals surface area contributed by atoms with Crippen molar-refractivity contribution < 1.29 is 32.5 Å². The highest BCUT2D eigenvalue weighted by Crippen LogP contribution is 2.38. The Kier molecular flexibility index (Phi) is 8.92. The van der Waals surface area contributed by atoms with Crippen LogP contribution in [-0.2, 0) is 10.3 Å². The lowest BCUT2D eigenvalue weighted by atomic mass is 9.87. The SMILES string of the molecule is CCCC(C)n1nc(-c2ccc(OC(F)(F)F)cc2)cc1C(C)(NC)c1ccc(OC(C)(C)C(=O)O)c(Cl)c1. The minimum absolute atomic E-state index is 0.0219. The van der Waals surface area contributed by atoms with E-state index in [1.54, 1.807) is 25.2 Å². The predicted octanol–water partition coefficient (Wildman–Crippen LogP) is 7.19. The summed E-state index contributed by atoms with van der Waals surface area (Å²) in [6.07, 6.45) is -3.00. The van der Waals surface area contributed by atoms with E-state index in [4.69, 9.17) is 21.4 Å². The molecule has 2 N–H and O–H groups in total. The van der Waals surface area contributed by atoms with Crippen LogP contribution in [0.1, 0.15) is 64.8 Å². The van der Waals surface area contributed by atoms with E-state index in [2.05, 4.69) is 23.9 Å². The monoisotopic (exact) mass is 567 g/mol. The molecule has 0 saturated carbocycles. The maximum Gasteiger partial charge on any atom is 0.573 e. The van der Waals surface area contributed by atoms with Crippen molar-refractivity contribution in [2.75, 3.05) is 7.05 Å². The van der Waals surface area contributed by atoms with Gasteiger partial charge in [-0.15, -0.1) is 13.2 Å². The van der Waals surface area contributed by atoms with Gasteiger partial charge in [-0.05, 0) is 89.2 Å². The molecule has 1 heterocycles. The minimum atomic E-state index is -4.77. The summed E-state index contributed by atoms with van der Waals surface area (Å²) in [5.74, 6) is -1.20. The van der Waals surface area contributed by atoms with E-state index in [0.29, 0.717) is 11.3 Å². The van der Waals surface area contributed by atoms with Gasteiger partial charge in [-0.2, -0.15) is 5.10 Å². The molecule has 1 aromatic heterocycles. The number of nitrogens with zero attached hydrogens (tertiary/aromatic N) is 2. The Hall–Kier alpha value is -3.24. The highest BCUT2D eigenvalue weighted by molar-refractivity contribution is 6.32. The Labute approximate surface area is 230 Å². The van der Waals surface area contributed by atoms with Crippen LogP contribution in [0.5, 0.6) is 11.5 Å². The van der Waals surface area contributed by atoms with Gasteiger partial charge in [-0.1, -0.05) is 31.0 Å². The smallest absolute Gasteiger partial charge is 0.478 e. The Balaban J connectivity index is 2.07. The van der Waals surface area contributed by atoms with Crippen LogP contribution in [0.4, 0.5) is 13.2 Å². The summed E-state index contributed by atoms with van der Waals surface area (Å²) in [4.78, 5) is 11.5. The third-order valence-electron chi connectivity index (χ3n) is 6.65. The number of aliphatic carboxylic acids is 1. The second kappa shape index (κ2) is 11.5. The lowest BCUT2D eigenvalue weighted by molar-refractivity contribution is -0.274. The maximum absolute atomic E-state index is 12.6. The van der Waals surface area contributed by atoms with E-state index >= 15 is 0 Å². The average molecular weight is 568 g/mol. The highest BCUT2D eigenvalue weighted by Gasteiger charge is 2.35. The third kappa shape index (κ3) is 6.86. The van der Waals surface area contributed by atoms with Gasteiger partial charge in [0, 0.05) is 11.6 Å². The van der Waals surface area contributed by atoms with Crippen LogP contribution in [-0.4, -0.2) is 39.9 Å². The molecule has 0 aliphatic carbocycles. The van der Waals surface area contributed by atoms with Gasteiger partial charge >= 0.3 is 12.3 Å². The van der Waals surface area contributed by atoms with Crippen LogP contribution in [0.15, 0.2) is 48.5 Å². The Bertz CT molecular complexity index is 1310. The molecule has 3 aromatic rings. The summed E-state index contributed by atoms with van der Waals surface area (Å²) in [7, 11) is 1.80. The van der Waals surface area contributed by atoms with E-state index in [1.807, 2.05) is 17.7 Å². The molecule has 0 fully saturated rings. The van der Waals surface area contributed by atoms with Crippen molar-refractivity contribution in [1.29, 1.82) is 0 Å². The number of halogens is 4. The number of alkyl halides is 3. The van der Waals surface area contributed by atoms with Crippen molar-refractivity contribution in [2.45, 2.75) is 71.0 Å². The number of ether oxygens (including phenoxy) is 2. The van der Waals surface area contributed by atoms with E-state index in [9.17, 15) is 23.1 Å². The van der Waals surface area contributed by atoms with E-state index in [0.717, 1.165) is 24.1 Å². The number of benzene rings is 2. The molecule has 2 unspecified atom stereocenters. The second-order valence-electron chi connectivity index (χ2n) is 10.0. The first kappa shape index (κ1) is 30.3. The molecule has 2 aromatic carbocycles. The quantitative estimate of drug-likeness (QED) is 0.255. The summed E-state index contributed by atoms with van der Waals surface area (Å²) in [6, 6.07) is 12.7. The Morgan fingerprint density at radius 2 is 1.74 bits per heavy atom. The zero-order valence-corrected chi connectivity index (χ0v) is 23.4. The molecule has 0 radical (unpaired) electrons. The van der Waals surface area contributed by atoms with Crippen molar-refractivity contribution in [3.8, 4) is 22.8 Å². The number of carboxylic acid groups (broad SMARTS) is 1. The molecule has 0 aliphatic heterocycles. The van der Waals surface area contributed by atoms with Gasteiger partial charge in [0.1, 0.15) is 11.5 Å². The summed E-state index contributed by atoms with van der Waals surface area (Å²) in [5, 5.41) is 17.9. The number of nitrogens with one attached hydrogen (secondary N) is 1. The molecule has 0 saturated heterocycles. The zero-order valence-electron chi connectivity index (χ0n) is 22.7. The van der Waals surface area contributed by atoms with Crippen LogP contribution < -0.4 is 14.8 Å². The van der Waals surface area contributed by atoms with Crippen molar-refractivity contribution in [3.63, 3.8) is 0 Å². The van der Waals surface area contributed by atoms with Gasteiger partial charge in [-0.25, -0.2) is 4.79 Å². The first-order chi connectivity index (χ1) is 18.1. The lowest BCUT2D eigenvalue weighted by Crippen LogP contribution is -2.40. The third-order valence-corrected chi connectivity index (χ3v) is 6.94. The normalized spacial score (nSPS) is 14.5. The average Bonchev–Trinajstić information content (AvgIpc) is 3.30. The summed E-state index contributed by atoms with van der Waals surface area (Å²) >= 11 is 6.54. The number of hydrogen-bond donors (Lipinski definition) is 2. The van der Waals surface area contributed by atoms with Crippen molar-refractivity contribution in [3.05, 3.63) is 64.8 Å². The molecule has 2 atom stereocenters. The van der Waals surface area contributed by atoms with Gasteiger partial charge < -0.3 is 19.9 Å². The molecule has 3 rings (SSSR count). The van der Waals surface area contributed by atoms with Gasteiger partial charge in [0.25, 0.3) is 0 Å². The van der Waals surface area contributed by atoms with Crippen LogP contribution in [0.3, 0.4) is 0 Å². The molecule has 0 aliphatic rings. The minimum Gasteiger partial charge on any atom is -0.478 e. The largest absolute Gasteiger partial charge is 0.573 e. The first-order valence-electron chi connectivity index (χ1n) is 12.5. The number of hydrogen-bond acceptors (Lipinski definition) is 5. The van der Waals surface area contributed by atoms with Crippen molar-refractivity contribution in [2.24, 2.45) is 0 Å². The molecule has 7 nitrogen and oxygen atoms in total. The van der Waals surface area contributed by atoms with Crippen molar-refractivity contribution >= 4 is 17.6 Å². The zero-order chi connectivity index (χ0) is 29.2. The fraction of sp³-hybridized carbons (Fsp3) is 0.429. The molecular formula is C28H33ClF3N3O4. The van der Waals surface area contributed by atoms with E-state index in [-0.39, 0.29) is 22.6 Å². The van der Waals surface area contributed by atoms with Gasteiger partial charge in [0.15, 0.2) is 5.60 Å². The highest BCUT2D eigenvalue weighted by atomic mass is 35.5. The van der Waals surface area contributed by atoms with E-state index < -0.39 is 23.5 Å². The number of carboxylic acids is 1. The predicted molar refractivity (Wildman–Crippen MR) is 143 cm³/mol. The van der Waals surface area contributed by atoms with Gasteiger partial charge in [0.05, 0.1) is 21.9 Å². The molecule has 0 spiro atoms. The number of carbonyl (C=O) groups is 1. The molecule has 11 heteroatoms. The molecule has 39 heavy (non-hydrogen) atoms. The Morgan fingerprint density at radius 1 is 1.10 bits per heavy atom. The lowest BCUT2D eigenvalue weighted by Gasteiger charge is -2.33. The Morgan fingerprint density at radius 3 is 2.26 bits per heavy atom. The van der Waals surface area contributed by atoms with Crippen LogP contribution >= 0.6 is 11.6 Å². The second-order valence-corrected chi connectivity index (χ2v) is 10.4. The number of rotatable bonds is 11. The van der Waals surface area contributed by atoms with Gasteiger partial charge in [0.2, 0.25) is 0 Å². The fourth-order valence-electron chi connectivity index (χ4n) is 4.25. The molecule has 0 bridgehead atoms. The maximum atomic E-state index is 12.6. The summed E-state index contributed by atoms with van der Waals surface area (Å²) in [6.45, 7) is 8.98. The van der Waals surface area contributed by atoms with Crippen LogP contribution in [0.25, 0.3) is 11.3 Å². The standard InChI is InChI=1S/C28H33ClF3N3O4/c1-7-8-17(2)35-24(16-22(34-35)18-9-12-20(13-10-18)38-28(30,31)32)27(5,33-6)19-11-14-23(21(29)15-19)39-26(3,4)25(36)37/h9-17,33H,7-8H2,1-6H3,(H,36,37). The first-order valence-corrected chi connectivity index (χ1v) is 12.9. The fourth-order valence-corrected chi connectivity index (χ4v) is 4.46. The molecule has 212 valence electrons. The molecular weight excluding hydrogens is 535 g/mol. The number of aromatic nitrogens is 2. The van der Waals surface area contributed by atoms with Crippen LogP contribution in [0.2, 0.25) is 5.02 Å². The summed E-state index contributed by atoms with van der Waals surface area (Å²) < 4.78 is 49.3. The van der Waals surface area contributed by atoms with Crippen LogP contribution in [0, 0.1) is 0 Å². The van der Waals surface area contributed by atoms with Gasteiger partial charge in [-0.3, -0.25) is 4.68 Å². The summed E-state index contributed by atoms with van der Waals surface area (Å²) in [5.41, 5.74) is 0.540. The molecule has 0 amide bonds. The van der Waals surface area contributed by atoms with Crippen molar-refractivity contribution in [1.82, 2.24) is 15.1 Å². The van der Waals surface area contributed by atoms with E-state index in [1.165, 1.54) is 38.1 Å². The topological polar surface area (TPSA) is 85.6 Å².